The van der Waals surface area contributed by atoms with Crippen LogP contribution in [-0.4, -0.2) is 18.0 Å². The Morgan fingerprint density at radius 2 is 1.83 bits per heavy atom. The van der Waals surface area contributed by atoms with Gasteiger partial charge in [0, 0.05) is 6.04 Å². The molecule has 64 valence electrons. The molecule has 1 heteroatoms. The molecule has 1 aromatic rings. The molecule has 2 rings (SSSR count). The topological polar surface area (TPSA) is 3.24 Å². The number of likely N-dealkylation sites (tertiary alicyclic amines) is 1. The lowest BCUT2D eigenvalue weighted by molar-refractivity contribution is 0.128. The molecule has 1 aromatic carbocycles. The van der Waals surface area contributed by atoms with Gasteiger partial charge in [-0.15, -0.1) is 0 Å². The van der Waals surface area contributed by atoms with Gasteiger partial charge in [0.25, 0.3) is 0 Å². The van der Waals surface area contributed by atoms with Crippen LogP contribution in [-0.2, 0) is 0 Å². The molecule has 12 heavy (non-hydrogen) atoms. The van der Waals surface area contributed by atoms with Crippen LogP contribution in [0, 0.1) is 0 Å². The molecule has 1 aliphatic heterocycles. The fourth-order valence-electron chi connectivity index (χ4n) is 1.67. The van der Waals surface area contributed by atoms with E-state index in [0.717, 1.165) is 0 Å². The highest BCUT2D eigenvalue weighted by Gasteiger charge is 2.20. The normalized spacial score (nSPS) is 20.1. The molecule has 0 amide bonds. The molecule has 0 N–H and O–H groups in total. The second kappa shape index (κ2) is 3.28. The van der Waals surface area contributed by atoms with Crippen molar-refractivity contribution in [1.82, 2.24) is 4.90 Å². The summed E-state index contributed by atoms with van der Waals surface area (Å²) in [5.41, 5.74) is 1.44. The molecule has 0 radical (unpaired) electrons. The zero-order valence-corrected chi connectivity index (χ0v) is 7.53. The summed E-state index contributed by atoms with van der Waals surface area (Å²) in [4.78, 5) is 2.51. The van der Waals surface area contributed by atoms with Crippen molar-refractivity contribution in [1.29, 1.82) is 0 Å². The number of nitrogens with zero attached hydrogens (tertiary/aromatic N) is 1. The Morgan fingerprint density at radius 3 is 2.33 bits per heavy atom. The van der Waals surface area contributed by atoms with Gasteiger partial charge < -0.3 is 0 Å². The van der Waals surface area contributed by atoms with Crippen LogP contribution in [0.25, 0.3) is 0 Å². The summed E-state index contributed by atoms with van der Waals surface area (Å²) in [7, 11) is 0. The highest BCUT2D eigenvalue weighted by Crippen LogP contribution is 2.24. The molecule has 1 atom stereocenters. The maximum Gasteiger partial charge on any atom is 0.0319 e. The number of rotatable bonds is 2. The predicted octanol–water partition coefficient (Wildman–Crippen LogP) is 2.45. The molecule has 0 aromatic heterocycles. The predicted molar refractivity (Wildman–Crippen MR) is 51.0 cm³/mol. The van der Waals surface area contributed by atoms with Gasteiger partial charge in [0.05, 0.1) is 0 Å². The Hall–Kier alpha value is -0.820. The van der Waals surface area contributed by atoms with Gasteiger partial charge in [0.15, 0.2) is 0 Å². The van der Waals surface area contributed by atoms with E-state index in [4.69, 9.17) is 0 Å². The summed E-state index contributed by atoms with van der Waals surface area (Å²) in [5, 5.41) is 0. The third-order valence-electron chi connectivity index (χ3n) is 2.72. The van der Waals surface area contributed by atoms with E-state index in [1.165, 1.54) is 25.1 Å². The second-order valence-electron chi connectivity index (χ2n) is 3.48. The van der Waals surface area contributed by atoms with E-state index < -0.39 is 0 Å². The molecule has 1 nitrogen and oxygen atoms in total. The van der Waals surface area contributed by atoms with Crippen molar-refractivity contribution in [2.24, 2.45) is 0 Å². The van der Waals surface area contributed by atoms with Gasteiger partial charge in [-0.05, 0) is 32.0 Å². The molecular formula is C11H15N. The number of hydrogen-bond acceptors (Lipinski definition) is 1. The van der Waals surface area contributed by atoms with Gasteiger partial charge >= 0.3 is 0 Å². The Bertz CT molecular complexity index is 238. The minimum atomic E-state index is 0.611. The summed E-state index contributed by atoms with van der Waals surface area (Å²) >= 11 is 0. The van der Waals surface area contributed by atoms with Crippen LogP contribution in [0.15, 0.2) is 30.3 Å². The third kappa shape index (κ3) is 1.37. The van der Waals surface area contributed by atoms with E-state index in [1.807, 2.05) is 0 Å². The van der Waals surface area contributed by atoms with E-state index >= 15 is 0 Å². The molecular weight excluding hydrogens is 146 g/mol. The lowest BCUT2D eigenvalue weighted by Crippen LogP contribution is -2.38. The average Bonchev–Trinajstić information content (AvgIpc) is 2.03. The zero-order chi connectivity index (χ0) is 8.39. The van der Waals surface area contributed by atoms with Crippen LogP contribution in [0.3, 0.4) is 0 Å². The zero-order valence-electron chi connectivity index (χ0n) is 7.53. The third-order valence-corrected chi connectivity index (χ3v) is 2.72. The molecule has 1 heterocycles. The maximum atomic E-state index is 2.51. The summed E-state index contributed by atoms with van der Waals surface area (Å²) in [6.45, 7) is 4.83. The van der Waals surface area contributed by atoms with Crippen molar-refractivity contribution in [2.45, 2.75) is 19.4 Å². The van der Waals surface area contributed by atoms with Gasteiger partial charge in [-0.25, -0.2) is 0 Å². The van der Waals surface area contributed by atoms with Crippen LogP contribution in [0.1, 0.15) is 24.9 Å². The summed E-state index contributed by atoms with van der Waals surface area (Å²) in [6.07, 6.45) is 1.37. The summed E-state index contributed by atoms with van der Waals surface area (Å²) in [6, 6.07) is 11.3. The van der Waals surface area contributed by atoms with Crippen molar-refractivity contribution in [3.8, 4) is 0 Å². The minimum Gasteiger partial charge on any atom is -0.297 e. The van der Waals surface area contributed by atoms with Crippen LogP contribution in [0.5, 0.6) is 0 Å². The Morgan fingerprint density at radius 1 is 1.17 bits per heavy atom. The molecule has 1 fully saturated rings. The number of benzene rings is 1. The summed E-state index contributed by atoms with van der Waals surface area (Å²) in [5.74, 6) is 0. The first-order valence-electron chi connectivity index (χ1n) is 4.67. The standard InChI is InChI=1S/C11H15N/c1-10(12-8-5-9-12)11-6-3-2-4-7-11/h2-4,6-7,10H,5,8-9H2,1H3/t10-/m0/s1. The van der Waals surface area contributed by atoms with Gasteiger partial charge in [0.1, 0.15) is 0 Å². The van der Waals surface area contributed by atoms with Crippen molar-refractivity contribution in [3.05, 3.63) is 35.9 Å². The largest absolute Gasteiger partial charge is 0.297 e. The fourth-order valence-corrected chi connectivity index (χ4v) is 1.67. The Kier molecular flexibility index (Phi) is 2.13. The Labute approximate surface area is 74.0 Å². The van der Waals surface area contributed by atoms with E-state index in [2.05, 4.69) is 42.2 Å². The SMILES string of the molecule is C[C@@H](c1ccccc1)N1CCC1. The molecule has 1 saturated heterocycles. The van der Waals surface area contributed by atoms with Crippen molar-refractivity contribution < 1.29 is 0 Å². The minimum absolute atomic E-state index is 0.611. The molecule has 0 unspecified atom stereocenters. The van der Waals surface area contributed by atoms with E-state index in [1.54, 1.807) is 0 Å². The van der Waals surface area contributed by atoms with Gasteiger partial charge in [-0.2, -0.15) is 0 Å². The van der Waals surface area contributed by atoms with Crippen LogP contribution in [0.2, 0.25) is 0 Å². The van der Waals surface area contributed by atoms with Gasteiger partial charge in [0.2, 0.25) is 0 Å². The van der Waals surface area contributed by atoms with Crippen molar-refractivity contribution in [3.63, 3.8) is 0 Å². The first-order chi connectivity index (χ1) is 5.88. The maximum absolute atomic E-state index is 2.51. The molecule has 0 bridgehead atoms. The van der Waals surface area contributed by atoms with Crippen molar-refractivity contribution >= 4 is 0 Å². The lowest BCUT2D eigenvalue weighted by atomic mass is 10.0. The monoisotopic (exact) mass is 161 g/mol. The number of hydrogen-bond donors (Lipinski definition) is 0. The first-order valence-corrected chi connectivity index (χ1v) is 4.67. The van der Waals surface area contributed by atoms with Gasteiger partial charge in [-0.3, -0.25) is 4.90 Å². The highest BCUT2D eigenvalue weighted by molar-refractivity contribution is 5.18. The van der Waals surface area contributed by atoms with E-state index in [-0.39, 0.29) is 0 Å². The van der Waals surface area contributed by atoms with Crippen LogP contribution < -0.4 is 0 Å². The van der Waals surface area contributed by atoms with E-state index in [9.17, 15) is 0 Å². The fraction of sp³-hybridized carbons (Fsp3) is 0.455. The smallest absolute Gasteiger partial charge is 0.0319 e. The highest BCUT2D eigenvalue weighted by atomic mass is 15.2. The first kappa shape index (κ1) is 7.81. The quantitative estimate of drug-likeness (QED) is 0.644. The molecule has 1 aliphatic rings. The van der Waals surface area contributed by atoms with Crippen LogP contribution >= 0.6 is 0 Å². The lowest BCUT2D eigenvalue weighted by Gasteiger charge is -2.36. The second-order valence-corrected chi connectivity index (χ2v) is 3.48. The summed E-state index contributed by atoms with van der Waals surface area (Å²) < 4.78 is 0. The molecule has 0 spiro atoms. The van der Waals surface area contributed by atoms with Gasteiger partial charge in [-0.1, -0.05) is 30.3 Å². The van der Waals surface area contributed by atoms with E-state index in [0.29, 0.717) is 6.04 Å². The Balaban J connectivity index is 2.08. The average molecular weight is 161 g/mol. The van der Waals surface area contributed by atoms with Crippen LogP contribution in [0.4, 0.5) is 0 Å². The molecule has 0 aliphatic carbocycles. The molecule has 0 saturated carbocycles. The van der Waals surface area contributed by atoms with Crippen molar-refractivity contribution in [2.75, 3.05) is 13.1 Å².